The summed E-state index contributed by atoms with van der Waals surface area (Å²) in [5.41, 5.74) is 0.704. The third-order valence-corrected chi connectivity index (χ3v) is 8.99. The number of hydrogen-bond acceptors (Lipinski definition) is 5. The smallest absolute Gasteiger partial charge is 0.324 e. The minimum Gasteiger partial charge on any atom is -0.496 e. The van der Waals surface area contributed by atoms with E-state index in [-0.39, 0.29) is 11.8 Å². The second-order valence-corrected chi connectivity index (χ2v) is 11.4. The van der Waals surface area contributed by atoms with Crippen molar-refractivity contribution in [2.24, 2.45) is 17.8 Å². The number of hydrogen-bond donors (Lipinski definition) is 2. The van der Waals surface area contributed by atoms with Crippen LogP contribution in [-0.2, 0) is 20.8 Å². The number of carboxylic acids is 1. The molecule has 0 radical (unpaired) electrons. The van der Waals surface area contributed by atoms with Crippen molar-refractivity contribution < 1.29 is 24.2 Å². The Morgan fingerprint density at radius 3 is 2.43 bits per heavy atom. The summed E-state index contributed by atoms with van der Waals surface area (Å²) in [5, 5.41) is 14.1. The molecule has 2 saturated heterocycles. The first-order chi connectivity index (χ1) is 17.8. The normalized spacial score (nSPS) is 28.0. The Kier molecular flexibility index (Phi) is 7.16. The van der Waals surface area contributed by atoms with E-state index in [2.05, 4.69) is 21.2 Å². The number of imide groups is 1. The van der Waals surface area contributed by atoms with Crippen molar-refractivity contribution >= 4 is 39.4 Å². The molecule has 1 saturated carbocycles. The standard InChI is InChI=1S/C29H33BrN2O5/c1-3-17-9-12-20(13-10-17)32-26(33)23-24(27(32)34)29(28(35)36,16-18-7-5-4-6-8-18)31-25(23)21-15-19(30)11-14-22(21)37-2/h9-15,18,23-25,31H,3-8,16H2,1-2H3,(H,35,36). The number of nitrogens with one attached hydrogen (secondary N) is 1. The number of anilines is 1. The molecule has 2 amide bonds. The van der Waals surface area contributed by atoms with E-state index in [9.17, 15) is 19.5 Å². The Hall–Kier alpha value is -2.71. The number of carbonyl (C=O) groups excluding carboxylic acids is 2. The summed E-state index contributed by atoms with van der Waals surface area (Å²) in [6.07, 6.45) is 6.28. The average Bonchev–Trinajstić information content (AvgIpc) is 3.38. The fraction of sp³-hybridized carbons (Fsp3) is 0.483. The van der Waals surface area contributed by atoms with Crippen LogP contribution in [-0.4, -0.2) is 35.5 Å². The Bertz CT molecular complexity index is 1210. The van der Waals surface area contributed by atoms with Gasteiger partial charge in [-0.3, -0.25) is 19.7 Å². The van der Waals surface area contributed by atoms with E-state index in [1.807, 2.05) is 31.2 Å². The third kappa shape index (κ3) is 4.38. The van der Waals surface area contributed by atoms with Crippen LogP contribution in [0.15, 0.2) is 46.9 Å². The highest BCUT2D eigenvalue weighted by molar-refractivity contribution is 9.10. The van der Waals surface area contributed by atoms with Crippen LogP contribution in [0.5, 0.6) is 5.75 Å². The highest BCUT2D eigenvalue weighted by Crippen LogP contribution is 2.54. The van der Waals surface area contributed by atoms with E-state index < -0.39 is 35.3 Å². The molecule has 7 nitrogen and oxygen atoms in total. The van der Waals surface area contributed by atoms with Crippen LogP contribution in [0.4, 0.5) is 5.69 Å². The number of aliphatic carboxylic acids is 1. The molecule has 1 aliphatic carbocycles. The van der Waals surface area contributed by atoms with Crippen LogP contribution >= 0.6 is 15.9 Å². The van der Waals surface area contributed by atoms with Crippen LogP contribution in [0.1, 0.15) is 62.6 Å². The van der Waals surface area contributed by atoms with Crippen molar-refractivity contribution in [3.8, 4) is 5.75 Å². The number of fused-ring (bicyclic) bond motifs is 1. The first-order valence-electron chi connectivity index (χ1n) is 13.1. The molecule has 2 aromatic rings. The van der Waals surface area contributed by atoms with Gasteiger partial charge < -0.3 is 9.84 Å². The topological polar surface area (TPSA) is 95.9 Å². The van der Waals surface area contributed by atoms with Gasteiger partial charge in [0.05, 0.1) is 24.6 Å². The third-order valence-electron chi connectivity index (χ3n) is 8.50. The molecule has 4 unspecified atom stereocenters. The van der Waals surface area contributed by atoms with Crippen LogP contribution in [0.25, 0.3) is 0 Å². The number of nitrogens with zero attached hydrogens (tertiary/aromatic N) is 1. The largest absolute Gasteiger partial charge is 0.496 e. The summed E-state index contributed by atoms with van der Waals surface area (Å²) in [6.45, 7) is 2.04. The monoisotopic (exact) mass is 568 g/mol. The molecule has 4 atom stereocenters. The number of carbonyl (C=O) groups is 3. The molecule has 196 valence electrons. The lowest BCUT2D eigenvalue weighted by molar-refractivity contribution is -0.150. The lowest BCUT2D eigenvalue weighted by atomic mass is 9.72. The molecule has 8 heteroatoms. The molecule has 3 fully saturated rings. The number of benzene rings is 2. The van der Waals surface area contributed by atoms with Gasteiger partial charge in [0, 0.05) is 16.1 Å². The Morgan fingerprint density at radius 2 is 1.81 bits per heavy atom. The molecule has 0 bridgehead atoms. The molecule has 2 N–H and O–H groups in total. The number of ether oxygens (including phenoxy) is 1. The number of halogens is 1. The van der Waals surface area contributed by atoms with E-state index in [1.54, 1.807) is 25.3 Å². The first-order valence-corrected chi connectivity index (χ1v) is 13.9. The van der Waals surface area contributed by atoms with Crippen molar-refractivity contribution in [2.45, 2.75) is 63.5 Å². The van der Waals surface area contributed by atoms with Gasteiger partial charge in [-0.2, -0.15) is 0 Å². The average molecular weight is 569 g/mol. The number of amides is 2. The fourth-order valence-electron chi connectivity index (χ4n) is 6.67. The fourth-order valence-corrected chi connectivity index (χ4v) is 7.05. The number of carboxylic acid groups (broad SMARTS) is 1. The predicted molar refractivity (Wildman–Crippen MR) is 143 cm³/mol. The first kappa shape index (κ1) is 25.9. The van der Waals surface area contributed by atoms with Gasteiger partial charge in [0.1, 0.15) is 11.3 Å². The van der Waals surface area contributed by atoms with Crippen molar-refractivity contribution in [1.82, 2.24) is 5.32 Å². The molecule has 0 spiro atoms. The number of methoxy groups -OCH3 is 1. The maximum absolute atomic E-state index is 14.1. The molecule has 2 aromatic carbocycles. The van der Waals surface area contributed by atoms with Crippen LogP contribution in [0.2, 0.25) is 0 Å². The minimum absolute atomic E-state index is 0.182. The molecular formula is C29H33BrN2O5. The van der Waals surface area contributed by atoms with E-state index in [4.69, 9.17) is 4.74 Å². The van der Waals surface area contributed by atoms with E-state index in [0.717, 1.165) is 48.6 Å². The quantitative estimate of drug-likeness (QED) is 0.442. The van der Waals surface area contributed by atoms with Gasteiger partial charge >= 0.3 is 5.97 Å². The van der Waals surface area contributed by atoms with Crippen LogP contribution in [0, 0.1) is 17.8 Å². The summed E-state index contributed by atoms with van der Waals surface area (Å²) in [5.74, 6) is -3.03. The summed E-state index contributed by atoms with van der Waals surface area (Å²) in [6, 6.07) is 12.2. The Balaban J connectivity index is 1.63. The Labute approximate surface area is 225 Å². The lowest BCUT2D eigenvalue weighted by Crippen LogP contribution is -2.57. The van der Waals surface area contributed by atoms with Crippen molar-refractivity contribution in [1.29, 1.82) is 0 Å². The second-order valence-electron chi connectivity index (χ2n) is 10.5. The highest BCUT2D eigenvalue weighted by atomic mass is 79.9. The van der Waals surface area contributed by atoms with Gasteiger partial charge in [-0.25, -0.2) is 4.90 Å². The molecule has 0 aromatic heterocycles. The molecular weight excluding hydrogens is 536 g/mol. The van der Waals surface area contributed by atoms with Crippen LogP contribution < -0.4 is 15.0 Å². The number of aryl methyl sites for hydroxylation is 1. The van der Waals surface area contributed by atoms with Gasteiger partial charge in [0.2, 0.25) is 11.8 Å². The minimum atomic E-state index is -1.55. The number of rotatable bonds is 7. The van der Waals surface area contributed by atoms with E-state index in [0.29, 0.717) is 23.4 Å². The molecule has 2 heterocycles. The Morgan fingerprint density at radius 1 is 1.11 bits per heavy atom. The lowest BCUT2D eigenvalue weighted by Gasteiger charge is -2.35. The van der Waals surface area contributed by atoms with Gasteiger partial charge in [-0.1, -0.05) is 67.1 Å². The summed E-state index contributed by atoms with van der Waals surface area (Å²) in [7, 11) is 1.55. The SMILES string of the molecule is CCc1ccc(N2C(=O)C3C(c4cc(Br)ccc4OC)NC(CC4CCCCC4)(C(=O)O)C3C2=O)cc1. The zero-order valence-corrected chi connectivity index (χ0v) is 22.8. The molecule has 3 aliphatic rings. The highest BCUT2D eigenvalue weighted by Gasteiger charge is 2.69. The molecule has 37 heavy (non-hydrogen) atoms. The molecule has 2 aliphatic heterocycles. The van der Waals surface area contributed by atoms with E-state index >= 15 is 0 Å². The van der Waals surface area contributed by atoms with Crippen LogP contribution in [0.3, 0.4) is 0 Å². The van der Waals surface area contributed by atoms with Gasteiger partial charge in [0.25, 0.3) is 0 Å². The zero-order valence-electron chi connectivity index (χ0n) is 21.2. The van der Waals surface area contributed by atoms with Gasteiger partial charge in [-0.05, 0) is 54.7 Å². The van der Waals surface area contributed by atoms with E-state index in [1.165, 1.54) is 4.90 Å². The maximum Gasteiger partial charge on any atom is 0.324 e. The zero-order chi connectivity index (χ0) is 26.3. The van der Waals surface area contributed by atoms with Crippen molar-refractivity contribution in [3.63, 3.8) is 0 Å². The summed E-state index contributed by atoms with van der Waals surface area (Å²) < 4.78 is 6.40. The summed E-state index contributed by atoms with van der Waals surface area (Å²) >= 11 is 3.51. The van der Waals surface area contributed by atoms with Crippen molar-refractivity contribution in [3.05, 3.63) is 58.1 Å². The molecule has 5 rings (SSSR count). The predicted octanol–water partition coefficient (Wildman–Crippen LogP) is 5.26. The van der Waals surface area contributed by atoms with Gasteiger partial charge in [0.15, 0.2) is 0 Å². The second kappa shape index (κ2) is 10.2. The van der Waals surface area contributed by atoms with Gasteiger partial charge in [-0.15, -0.1) is 0 Å². The van der Waals surface area contributed by atoms with Crippen molar-refractivity contribution in [2.75, 3.05) is 12.0 Å². The maximum atomic E-state index is 14.1. The summed E-state index contributed by atoms with van der Waals surface area (Å²) in [4.78, 5) is 42.5.